The van der Waals surface area contributed by atoms with E-state index < -0.39 is 0 Å². The van der Waals surface area contributed by atoms with Crippen LogP contribution in [0.3, 0.4) is 0 Å². The second-order valence-corrected chi connectivity index (χ2v) is 6.15. The van der Waals surface area contributed by atoms with Gasteiger partial charge >= 0.3 is 0 Å². The second kappa shape index (κ2) is 4.34. The summed E-state index contributed by atoms with van der Waals surface area (Å²) in [6.45, 7) is 4.44. The predicted octanol–water partition coefficient (Wildman–Crippen LogP) is 4.05. The molecule has 1 aliphatic rings. The minimum Gasteiger partial charge on any atom is -0.495 e. The molecular weight excluding hydrogens is 257 g/mol. The van der Waals surface area contributed by atoms with Gasteiger partial charge in [-0.15, -0.1) is 0 Å². The molecule has 2 N–H and O–H groups in total. The van der Waals surface area contributed by atoms with E-state index in [1.165, 1.54) is 0 Å². The van der Waals surface area contributed by atoms with Crippen molar-refractivity contribution in [3.05, 3.63) is 27.7 Å². The van der Waals surface area contributed by atoms with Crippen LogP contribution in [-0.2, 0) is 0 Å². The Hall–Kier alpha value is -0.440. The van der Waals surface area contributed by atoms with Gasteiger partial charge in [-0.05, 0) is 29.4 Å². The molecule has 0 bridgehead atoms. The zero-order chi connectivity index (χ0) is 12.8. The summed E-state index contributed by atoms with van der Waals surface area (Å²) >= 11 is 12.3. The van der Waals surface area contributed by atoms with Crippen LogP contribution in [0.5, 0.6) is 5.75 Å². The molecule has 94 valence electrons. The molecule has 2 nitrogen and oxygen atoms in total. The molecule has 2 unspecified atom stereocenters. The highest BCUT2D eigenvalue weighted by atomic mass is 35.5. The minimum atomic E-state index is -0.0547. The van der Waals surface area contributed by atoms with Crippen LogP contribution in [0.4, 0.5) is 0 Å². The van der Waals surface area contributed by atoms with E-state index in [9.17, 15) is 0 Å². The number of rotatable bonds is 3. The molecule has 1 fully saturated rings. The average Bonchev–Trinajstić information content (AvgIpc) is 2.89. The zero-order valence-corrected chi connectivity index (χ0v) is 11.8. The molecule has 1 aliphatic carbocycles. The van der Waals surface area contributed by atoms with Crippen LogP contribution in [-0.4, -0.2) is 7.11 Å². The first-order valence-electron chi connectivity index (χ1n) is 5.65. The quantitative estimate of drug-likeness (QED) is 0.902. The van der Waals surface area contributed by atoms with E-state index in [4.69, 9.17) is 33.7 Å². The van der Waals surface area contributed by atoms with Crippen molar-refractivity contribution >= 4 is 23.2 Å². The fourth-order valence-corrected chi connectivity index (χ4v) is 2.82. The number of hydrogen-bond acceptors (Lipinski definition) is 2. The standard InChI is InChI=1S/C13H17Cl2NO/c1-13(2)6-8(13)12(16)7-4-10(15)11(17-3)5-9(7)14/h4-5,8,12H,6,16H2,1-3H3. The van der Waals surface area contributed by atoms with Gasteiger partial charge < -0.3 is 10.5 Å². The lowest BCUT2D eigenvalue weighted by atomic mass is 9.98. The van der Waals surface area contributed by atoms with Crippen LogP contribution in [0.25, 0.3) is 0 Å². The Morgan fingerprint density at radius 2 is 1.94 bits per heavy atom. The van der Waals surface area contributed by atoms with E-state index in [2.05, 4.69) is 13.8 Å². The van der Waals surface area contributed by atoms with Gasteiger partial charge in [0.15, 0.2) is 0 Å². The number of ether oxygens (including phenoxy) is 1. The number of methoxy groups -OCH3 is 1. The fourth-order valence-electron chi connectivity index (χ4n) is 2.29. The van der Waals surface area contributed by atoms with Crippen LogP contribution in [0.2, 0.25) is 10.0 Å². The molecule has 0 saturated heterocycles. The van der Waals surface area contributed by atoms with Gasteiger partial charge in [-0.2, -0.15) is 0 Å². The SMILES string of the molecule is COc1cc(Cl)c(C(N)C2CC2(C)C)cc1Cl. The summed E-state index contributed by atoms with van der Waals surface area (Å²) in [5.74, 6) is 1.06. The summed E-state index contributed by atoms with van der Waals surface area (Å²) < 4.78 is 5.12. The van der Waals surface area contributed by atoms with Crippen molar-refractivity contribution in [2.75, 3.05) is 7.11 Å². The van der Waals surface area contributed by atoms with Crippen LogP contribution in [0.1, 0.15) is 31.9 Å². The topological polar surface area (TPSA) is 35.2 Å². The summed E-state index contributed by atoms with van der Waals surface area (Å²) in [6.07, 6.45) is 1.13. The van der Waals surface area contributed by atoms with Crippen molar-refractivity contribution in [2.45, 2.75) is 26.3 Å². The van der Waals surface area contributed by atoms with Gasteiger partial charge in [0.05, 0.1) is 12.1 Å². The predicted molar refractivity (Wildman–Crippen MR) is 71.8 cm³/mol. The first kappa shape index (κ1) is 13.0. The molecule has 1 aromatic carbocycles. The van der Waals surface area contributed by atoms with Gasteiger partial charge in [-0.3, -0.25) is 0 Å². The first-order chi connectivity index (χ1) is 7.86. The molecule has 2 atom stereocenters. The van der Waals surface area contributed by atoms with E-state index in [1.54, 1.807) is 13.2 Å². The van der Waals surface area contributed by atoms with Crippen molar-refractivity contribution in [3.63, 3.8) is 0 Å². The van der Waals surface area contributed by atoms with E-state index in [0.717, 1.165) is 12.0 Å². The maximum absolute atomic E-state index is 6.25. The lowest BCUT2D eigenvalue weighted by molar-refractivity contribution is 0.414. The number of halogens is 2. The highest BCUT2D eigenvalue weighted by Crippen LogP contribution is 2.57. The van der Waals surface area contributed by atoms with Crippen LogP contribution >= 0.6 is 23.2 Å². The Balaban J connectivity index is 2.30. The van der Waals surface area contributed by atoms with Crippen LogP contribution < -0.4 is 10.5 Å². The van der Waals surface area contributed by atoms with Crippen molar-refractivity contribution in [1.29, 1.82) is 0 Å². The third-order valence-electron chi connectivity index (χ3n) is 3.65. The minimum absolute atomic E-state index is 0.0547. The molecule has 4 heteroatoms. The number of hydrogen-bond donors (Lipinski definition) is 1. The zero-order valence-electron chi connectivity index (χ0n) is 10.3. The van der Waals surface area contributed by atoms with Crippen LogP contribution in [0, 0.1) is 11.3 Å². The smallest absolute Gasteiger partial charge is 0.138 e. The normalized spacial score (nSPS) is 23.3. The Morgan fingerprint density at radius 3 is 2.41 bits per heavy atom. The Bertz CT molecular complexity index is 445. The summed E-state index contributed by atoms with van der Waals surface area (Å²) in [7, 11) is 1.57. The maximum Gasteiger partial charge on any atom is 0.138 e. The second-order valence-electron chi connectivity index (χ2n) is 5.33. The lowest BCUT2D eigenvalue weighted by Gasteiger charge is -2.17. The molecule has 17 heavy (non-hydrogen) atoms. The molecule has 0 heterocycles. The molecule has 0 amide bonds. The van der Waals surface area contributed by atoms with E-state index in [-0.39, 0.29) is 6.04 Å². The van der Waals surface area contributed by atoms with Gasteiger partial charge in [0.25, 0.3) is 0 Å². The molecular formula is C13H17Cl2NO. The van der Waals surface area contributed by atoms with E-state index in [0.29, 0.717) is 27.1 Å². The summed E-state index contributed by atoms with van der Waals surface area (Å²) in [4.78, 5) is 0. The van der Waals surface area contributed by atoms with E-state index in [1.807, 2.05) is 6.07 Å². The summed E-state index contributed by atoms with van der Waals surface area (Å²) in [6, 6.07) is 3.50. The lowest BCUT2D eigenvalue weighted by Crippen LogP contribution is -2.16. The fraction of sp³-hybridized carbons (Fsp3) is 0.538. The van der Waals surface area contributed by atoms with Gasteiger partial charge in [0.2, 0.25) is 0 Å². The van der Waals surface area contributed by atoms with Gasteiger partial charge in [-0.1, -0.05) is 37.0 Å². The number of nitrogens with two attached hydrogens (primary N) is 1. The van der Waals surface area contributed by atoms with Crippen LogP contribution in [0.15, 0.2) is 12.1 Å². The van der Waals surface area contributed by atoms with Gasteiger partial charge in [-0.25, -0.2) is 0 Å². The average molecular weight is 274 g/mol. The van der Waals surface area contributed by atoms with Crippen molar-refractivity contribution < 1.29 is 4.74 Å². The maximum atomic E-state index is 6.25. The molecule has 0 spiro atoms. The largest absolute Gasteiger partial charge is 0.495 e. The highest BCUT2D eigenvalue weighted by Gasteiger charge is 2.49. The van der Waals surface area contributed by atoms with Gasteiger partial charge in [0.1, 0.15) is 5.75 Å². The Kier molecular flexibility index (Phi) is 3.32. The molecule has 0 aromatic heterocycles. The Morgan fingerprint density at radius 1 is 1.35 bits per heavy atom. The molecule has 1 saturated carbocycles. The van der Waals surface area contributed by atoms with Crippen molar-refractivity contribution in [1.82, 2.24) is 0 Å². The van der Waals surface area contributed by atoms with Gasteiger partial charge in [0, 0.05) is 17.1 Å². The number of benzene rings is 1. The third-order valence-corrected chi connectivity index (χ3v) is 4.28. The summed E-state index contributed by atoms with van der Waals surface area (Å²) in [5, 5.41) is 1.18. The molecule has 0 radical (unpaired) electrons. The van der Waals surface area contributed by atoms with Crippen molar-refractivity contribution in [3.8, 4) is 5.75 Å². The molecule has 2 rings (SSSR count). The van der Waals surface area contributed by atoms with E-state index >= 15 is 0 Å². The van der Waals surface area contributed by atoms with Crippen molar-refractivity contribution in [2.24, 2.45) is 17.1 Å². The summed E-state index contributed by atoms with van der Waals surface area (Å²) in [5.41, 5.74) is 7.48. The molecule has 0 aliphatic heterocycles. The molecule has 1 aromatic rings. The monoisotopic (exact) mass is 273 g/mol. The Labute approximate surface area is 112 Å². The third kappa shape index (κ3) is 2.40. The first-order valence-corrected chi connectivity index (χ1v) is 6.41. The highest BCUT2D eigenvalue weighted by molar-refractivity contribution is 6.34.